The second-order valence-electron chi connectivity index (χ2n) is 11.2. The molecule has 0 nitrogen and oxygen atoms in total. The van der Waals surface area contributed by atoms with E-state index in [1.807, 2.05) is 37.3 Å². The summed E-state index contributed by atoms with van der Waals surface area (Å²) in [5.41, 5.74) is 1.70. The summed E-state index contributed by atoms with van der Waals surface area (Å²) in [6, 6.07) is 8.01. The van der Waals surface area contributed by atoms with Gasteiger partial charge in [-0.2, -0.15) is 0 Å². The highest BCUT2D eigenvalue weighted by atomic mass is 19.2. The second-order valence-corrected chi connectivity index (χ2v) is 11.2. The van der Waals surface area contributed by atoms with Crippen LogP contribution in [0.1, 0.15) is 114 Å². The molecular formula is C32H44F2. The molecule has 2 saturated carbocycles. The molecule has 0 heterocycles. The SMILES string of the molecule is C/C=C/CCc1cc2ccc(C3CCC4CC(CCCCCCC)CCC4C3)cc2c(F)c1F. The van der Waals surface area contributed by atoms with Crippen LogP contribution in [0.15, 0.2) is 36.4 Å². The van der Waals surface area contributed by atoms with Crippen molar-refractivity contribution in [1.82, 2.24) is 0 Å². The zero-order chi connectivity index (χ0) is 23.9. The van der Waals surface area contributed by atoms with Gasteiger partial charge < -0.3 is 0 Å². The molecule has 2 fully saturated rings. The first-order valence-electron chi connectivity index (χ1n) is 14.1. The summed E-state index contributed by atoms with van der Waals surface area (Å²) in [4.78, 5) is 0. The van der Waals surface area contributed by atoms with Crippen LogP contribution in [0, 0.1) is 29.4 Å². The number of benzene rings is 2. The highest BCUT2D eigenvalue weighted by Crippen LogP contribution is 2.48. The van der Waals surface area contributed by atoms with Gasteiger partial charge in [-0.3, -0.25) is 0 Å². The third-order valence-electron chi connectivity index (χ3n) is 8.84. The first kappa shape index (κ1) is 25.4. The first-order chi connectivity index (χ1) is 16.6. The standard InChI is InChI=1S/C32H44F2/c1-3-5-7-8-10-11-23-13-14-25-20-26(16-15-24(25)19-23)27-17-18-28-21-29(12-9-6-4-2)31(33)32(34)30(28)22-27/h4,6,17-18,21-26H,3,5,7-16,19-20H2,1-2H3/b6-4+. The molecule has 186 valence electrons. The summed E-state index contributed by atoms with van der Waals surface area (Å²) < 4.78 is 29.7. The van der Waals surface area contributed by atoms with E-state index < -0.39 is 11.6 Å². The van der Waals surface area contributed by atoms with Gasteiger partial charge in [-0.25, -0.2) is 8.78 Å². The fourth-order valence-corrected chi connectivity index (χ4v) is 6.83. The number of halogens is 2. The lowest BCUT2D eigenvalue weighted by Crippen LogP contribution is -2.30. The predicted molar refractivity (Wildman–Crippen MR) is 141 cm³/mol. The number of unbranched alkanes of at least 4 members (excludes halogenated alkanes) is 4. The fourth-order valence-electron chi connectivity index (χ4n) is 6.83. The van der Waals surface area contributed by atoms with Crippen LogP contribution in [0.4, 0.5) is 8.78 Å². The minimum absolute atomic E-state index is 0.457. The third-order valence-corrected chi connectivity index (χ3v) is 8.84. The molecule has 0 amide bonds. The molecule has 0 N–H and O–H groups in total. The molecule has 0 spiro atoms. The maximum absolute atomic E-state index is 15.0. The van der Waals surface area contributed by atoms with Crippen molar-refractivity contribution in [3.63, 3.8) is 0 Å². The molecule has 0 aromatic heterocycles. The molecule has 0 aliphatic heterocycles. The van der Waals surface area contributed by atoms with Gasteiger partial charge in [0.2, 0.25) is 0 Å². The van der Waals surface area contributed by atoms with Crippen LogP contribution in [0.2, 0.25) is 0 Å². The quantitative estimate of drug-likeness (QED) is 0.241. The van der Waals surface area contributed by atoms with Crippen molar-refractivity contribution in [3.8, 4) is 0 Å². The summed E-state index contributed by atoms with van der Waals surface area (Å²) in [5, 5.41) is 1.28. The molecule has 34 heavy (non-hydrogen) atoms. The second kappa shape index (κ2) is 12.3. The van der Waals surface area contributed by atoms with Gasteiger partial charge in [0.15, 0.2) is 11.6 Å². The zero-order valence-electron chi connectivity index (χ0n) is 21.4. The Bertz CT molecular complexity index is 959. The van der Waals surface area contributed by atoms with E-state index in [2.05, 4.69) is 13.0 Å². The van der Waals surface area contributed by atoms with Crippen LogP contribution in [0.5, 0.6) is 0 Å². The monoisotopic (exact) mass is 466 g/mol. The van der Waals surface area contributed by atoms with Crippen molar-refractivity contribution < 1.29 is 8.78 Å². The van der Waals surface area contributed by atoms with Crippen molar-refractivity contribution in [1.29, 1.82) is 0 Å². The molecule has 2 aromatic rings. The van der Waals surface area contributed by atoms with Crippen LogP contribution >= 0.6 is 0 Å². The smallest absolute Gasteiger partial charge is 0.166 e. The predicted octanol–water partition coefficient (Wildman–Crippen LogP) is 10.3. The Morgan fingerprint density at radius 2 is 1.68 bits per heavy atom. The van der Waals surface area contributed by atoms with Crippen LogP contribution in [-0.4, -0.2) is 0 Å². The Kier molecular flexibility index (Phi) is 9.20. The van der Waals surface area contributed by atoms with Gasteiger partial charge in [-0.1, -0.05) is 76.2 Å². The summed E-state index contributed by atoms with van der Waals surface area (Å²) in [6.07, 6.45) is 21.5. The van der Waals surface area contributed by atoms with Gasteiger partial charge in [0, 0.05) is 5.39 Å². The largest absolute Gasteiger partial charge is 0.203 e. The number of aryl methyl sites for hydroxylation is 1. The molecule has 2 aliphatic rings. The summed E-state index contributed by atoms with van der Waals surface area (Å²) >= 11 is 0. The summed E-state index contributed by atoms with van der Waals surface area (Å²) in [5.74, 6) is 1.82. The molecule has 4 rings (SSSR count). The van der Waals surface area contributed by atoms with Gasteiger partial charge in [0.25, 0.3) is 0 Å². The minimum atomic E-state index is -0.664. The summed E-state index contributed by atoms with van der Waals surface area (Å²) in [6.45, 7) is 4.24. The number of allylic oxidation sites excluding steroid dienone is 2. The zero-order valence-corrected chi connectivity index (χ0v) is 21.4. The van der Waals surface area contributed by atoms with Gasteiger partial charge >= 0.3 is 0 Å². The molecule has 0 radical (unpaired) electrons. The molecule has 4 unspecified atom stereocenters. The van der Waals surface area contributed by atoms with Gasteiger partial charge in [-0.05, 0) is 104 Å². The van der Waals surface area contributed by atoms with Crippen LogP contribution in [0.3, 0.4) is 0 Å². The fraction of sp³-hybridized carbons (Fsp3) is 0.625. The van der Waals surface area contributed by atoms with Gasteiger partial charge in [-0.15, -0.1) is 0 Å². The Hall–Kier alpha value is -1.70. The van der Waals surface area contributed by atoms with Crippen LogP contribution in [-0.2, 0) is 6.42 Å². The molecule has 4 atom stereocenters. The molecule has 2 aliphatic carbocycles. The van der Waals surface area contributed by atoms with E-state index in [0.717, 1.165) is 29.6 Å². The average molecular weight is 467 g/mol. The van der Waals surface area contributed by atoms with E-state index in [9.17, 15) is 4.39 Å². The number of hydrogen-bond donors (Lipinski definition) is 0. The number of rotatable bonds is 10. The van der Waals surface area contributed by atoms with E-state index in [1.165, 1.54) is 82.6 Å². The Balaban J connectivity index is 1.37. The van der Waals surface area contributed by atoms with Crippen molar-refractivity contribution in [3.05, 3.63) is 59.2 Å². The average Bonchev–Trinajstić information content (AvgIpc) is 2.86. The molecular weight excluding hydrogens is 422 g/mol. The number of hydrogen-bond acceptors (Lipinski definition) is 0. The molecule has 2 heteroatoms. The Morgan fingerprint density at radius 3 is 2.50 bits per heavy atom. The molecule has 0 saturated heterocycles. The van der Waals surface area contributed by atoms with Crippen molar-refractivity contribution in [2.24, 2.45) is 17.8 Å². The van der Waals surface area contributed by atoms with E-state index in [0.29, 0.717) is 23.3 Å². The highest BCUT2D eigenvalue weighted by molar-refractivity contribution is 5.85. The Morgan fingerprint density at radius 1 is 0.882 bits per heavy atom. The van der Waals surface area contributed by atoms with E-state index in [1.54, 1.807) is 0 Å². The van der Waals surface area contributed by atoms with Crippen molar-refractivity contribution in [2.45, 2.75) is 110 Å². The van der Waals surface area contributed by atoms with Crippen LogP contribution < -0.4 is 0 Å². The van der Waals surface area contributed by atoms with Crippen LogP contribution in [0.25, 0.3) is 10.8 Å². The van der Waals surface area contributed by atoms with E-state index >= 15 is 4.39 Å². The third kappa shape index (κ3) is 6.10. The minimum Gasteiger partial charge on any atom is -0.203 e. The normalized spacial score (nSPS) is 25.2. The lowest BCUT2D eigenvalue weighted by atomic mass is 9.63. The van der Waals surface area contributed by atoms with Gasteiger partial charge in [0.05, 0.1) is 0 Å². The molecule has 2 aromatic carbocycles. The lowest BCUT2D eigenvalue weighted by Gasteiger charge is -2.42. The number of fused-ring (bicyclic) bond motifs is 2. The van der Waals surface area contributed by atoms with E-state index in [-0.39, 0.29) is 0 Å². The first-order valence-corrected chi connectivity index (χ1v) is 14.1. The lowest BCUT2D eigenvalue weighted by molar-refractivity contribution is 0.113. The van der Waals surface area contributed by atoms with Gasteiger partial charge in [0.1, 0.15) is 0 Å². The Labute approximate surface area is 206 Å². The highest BCUT2D eigenvalue weighted by Gasteiger charge is 2.35. The van der Waals surface area contributed by atoms with E-state index in [4.69, 9.17) is 0 Å². The maximum Gasteiger partial charge on any atom is 0.166 e. The topological polar surface area (TPSA) is 0 Å². The maximum atomic E-state index is 15.0. The molecule has 0 bridgehead atoms. The summed E-state index contributed by atoms with van der Waals surface area (Å²) in [7, 11) is 0. The van der Waals surface area contributed by atoms with Crippen molar-refractivity contribution >= 4 is 10.8 Å². The van der Waals surface area contributed by atoms with Crippen molar-refractivity contribution in [2.75, 3.05) is 0 Å².